The molecule has 0 amide bonds. The summed E-state index contributed by atoms with van der Waals surface area (Å²) < 4.78 is 13.5. The lowest BCUT2D eigenvalue weighted by atomic mass is 9.97. The fourth-order valence-electron chi connectivity index (χ4n) is 2.39. The van der Waals surface area contributed by atoms with Crippen molar-refractivity contribution in [1.29, 1.82) is 5.26 Å². The molecule has 0 spiro atoms. The molecule has 1 fully saturated rings. The van der Waals surface area contributed by atoms with E-state index >= 15 is 0 Å². The summed E-state index contributed by atoms with van der Waals surface area (Å²) in [5.74, 6) is -1.17. The number of phenols is 1. The Bertz CT molecular complexity index is 518. The van der Waals surface area contributed by atoms with E-state index in [2.05, 4.69) is 16.8 Å². The summed E-state index contributed by atoms with van der Waals surface area (Å²) in [4.78, 5) is 2.07. The van der Waals surface area contributed by atoms with Gasteiger partial charge in [0, 0.05) is 31.7 Å². The van der Waals surface area contributed by atoms with Gasteiger partial charge in [0.15, 0.2) is 11.6 Å². The molecule has 1 aliphatic heterocycles. The summed E-state index contributed by atoms with van der Waals surface area (Å²) in [7, 11) is 0. The Morgan fingerprint density at radius 1 is 1.47 bits per heavy atom. The van der Waals surface area contributed by atoms with Crippen LogP contribution in [0.15, 0.2) is 24.8 Å². The van der Waals surface area contributed by atoms with Crippen LogP contribution in [0.2, 0.25) is 0 Å². The molecule has 1 saturated heterocycles. The highest BCUT2D eigenvalue weighted by atomic mass is 19.1. The van der Waals surface area contributed by atoms with Crippen molar-refractivity contribution in [3.63, 3.8) is 0 Å². The van der Waals surface area contributed by atoms with Gasteiger partial charge in [0.2, 0.25) is 0 Å². The van der Waals surface area contributed by atoms with Crippen LogP contribution >= 0.6 is 0 Å². The highest BCUT2D eigenvalue weighted by Gasteiger charge is 2.26. The second kappa shape index (κ2) is 5.83. The molecule has 19 heavy (non-hydrogen) atoms. The quantitative estimate of drug-likeness (QED) is 0.810. The molecule has 100 valence electrons. The van der Waals surface area contributed by atoms with Crippen molar-refractivity contribution in [2.24, 2.45) is 0 Å². The number of benzene rings is 1. The lowest BCUT2D eigenvalue weighted by Crippen LogP contribution is -2.44. The van der Waals surface area contributed by atoms with Crippen LogP contribution in [0, 0.1) is 17.1 Å². The van der Waals surface area contributed by atoms with Crippen LogP contribution in [-0.4, -0.2) is 36.2 Å². The number of piperazine rings is 1. The topological polar surface area (TPSA) is 59.3 Å². The lowest BCUT2D eigenvalue weighted by molar-refractivity contribution is 0.200. The number of rotatable bonds is 3. The van der Waals surface area contributed by atoms with E-state index < -0.39 is 11.6 Å². The largest absolute Gasteiger partial charge is 0.505 e. The number of hydrogen-bond donors (Lipinski definition) is 2. The molecule has 2 rings (SSSR count). The van der Waals surface area contributed by atoms with E-state index in [0.29, 0.717) is 5.56 Å². The number of nitrogens with zero attached hydrogens (tertiary/aromatic N) is 2. The lowest BCUT2D eigenvalue weighted by Gasteiger charge is -2.34. The summed E-state index contributed by atoms with van der Waals surface area (Å²) in [6.45, 7) is 6.92. The van der Waals surface area contributed by atoms with E-state index in [1.165, 1.54) is 6.07 Å². The minimum atomic E-state index is -0.712. The summed E-state index contributed by atoms with van der Waals surface area (Å²) in [6, 6.07) is 4.14. The van der Waals surface area contributed by atoms with E-state index in [1.807, 2.05) is 6.07 Å². The molecule has 1 aliphatic rings. The van der Waals surface area contributed by atoms with Crippen molar-refractivity contribution in [2.45, 2.75) is 6.04 Å². The molecule has 1 aromatic rings. The summed E-state index contributed by atoms with van der Waals surface area (Å²) in [6.07, 6.45) is 1.64. The fourth-order valence-corrected chi connectivity index (χ4v) is 2.39. The zero-order valence-electron chi connectivity index (χ0n) is 10.6. The summed E-state index contributed by atoms with van der Waals surface area (Å²) in [5, 5.41) is 22.3. The standard InChI is InChI=1S/C14H16FN3O/c1-2-12(18-7-5-17-6-8-18)13-10(9-16)3-4-11(15)14(13)19/h2-4,12,17,19H,1,5-8H2/t12-/m1/s1. The fraction of sp³-hybridized carbons (Fsp3) is 0.357. The van der Waals surface area contributed by atoms with E-state index in [1.54, 1.807) is 6.08 Å². The molecule has 0 bridgehead atoms. The van der Waals surface area contributed by atoms with Crippen LogP contribution < -0.4 is 5.32 Å². The van der Waals surface area contributed by atoms with Crippen LogP contribution in [0.3, 0.4) is 0 Å². The second-order valence-electron chi connectivity index (χ2n) is 4.44. The van der Waals surface area contributed by atoms with Gasteiger partial charge in [-0.1, -0.05) is 6.08 Å². The highest BCUT2D eigenvalue weighted by Crippen LogP contribution is 2.34. The van der Waals surface area contributed by atoms with Crippen molar-refractivity contribution in [1.82, 2.24) is 10.2 Å². The number of nitriles is 1. The monoisotopic (exact) mass is 261 g/mol. The third kappa shape index (κ3) is 2.60. The van der Waals surface area contributed by atoms with Gasteiger partial charge in [-0.05, 0) is 12.1 Å². The molecule has 0 saturated carbocycles. The van der Waals surface area contributed by atoms with Crippen LogP contribution in [0.4, 0.5) is 4.39 Å². The maximum absolute atomic E-state index is 13.5. The number of aromatic hydroxyl groups is 1. The van der Waals surface area contributed by atoms with Crippen LogP contribution in [-0.2, 0) is 0 Å². The summed E-state index contributed by atoms with van der Waals surface area (Å²) in [5.41, 5.74) is 0.585. The maximum Gasteiger partial charge on any atom is 0.165 e. The zero-order valence-corrected chi connectivity index (χ0v) is 10.6. The number of phenolic OH excluding ortho intramolecular Hbond substituents is 1. The Labute approximate surface area is 111 Å². The predicted octanol–water partition coefficient (Wildman–Crippen LogP) is 1.54. The van der Waals surface area contributed by atoms with Crippen molar-refractivity contribution in [3.8, 4) is 11.8 Å². The molecule has 0 aliphatic carbocycles. The Morgan fingerprint density at radius 3 is 2.74 bits per heavy atom. The third-order valence-corrected chi connectivity index (χ3v) is 3.35. The van der Waals surface area contributed by atoms with E-state index in [4.69, 9.17) is 5.26 Å². The average molecular weight is 261 g/mol. The first-order valence-electron chi connectivity index (χ1n) is 6.17. The van der Waals surface area contributed by atoms with E-state index in [0.717, 1.165) is 32.2 Å². The molecule has 1 heterocycles. The SMILES string of the molecule is C=C[C@H](c1c(C#N)ccc(F)c1O)N1CCNCC1. The van der Waals surface area contributed by atoms with Crippen LogP contribution in [0.5, 0.6) is 5.75 Å². The minimum absolute atomic E-state index is 0.280. The number of hydrogen-bond acceptors (Lipinski definition) is 4. The highest BCUT2D eigenvalue weighted by molar-refractivity contribution is 5.50. The Morgan fingerprint density at radius 2 is 2.16 bits per heavy atom. The molecular weight excluding hydrogens is 245 g/mol. The van der Waals surface area contributed by atoms with E-state index in [-0.39, 0.29) is 11.6 Å². The summed E-state index contributed by atoms with van der Waals surface area (Å²) >= 11 is 0. The van der Waals surface area contributed by atoms with E-state index in [9.17, 15) is 9.50 Å². The first-order valence-corrected chi connectivity index (χ1v) is 6.17. The first kappa shape index (κ1) is 13.5. The van der Waals surface area contributed by atoms with Crippen molar-refractivity contribution >= 4 is 0 Å². The smallest absolute Gasteiger partial charge is 0.165 e. The molecule has 0 radical (unpaired) electrons. The Kier molecular flexibility index (Phi) is 4.15. The predicted molar refractivity (Wildman–Crippen MR) is 70.2 cm³/mol. The molecular formula is C14H16FN3O. The van der Waals surface area contributed by atoms with Gasteiger partial charge in [-0.25, -0.2) is 4.39 Å². The van der Waals surface area contributed by atoms with Gasteiger partial charge in [0.05, 0.1) is 17.7 Å². The molecule has 0 unspecified atom stereocenters. The zero-order chi connectivity index (χ0) is 13.8. The van der Waals surface area contributed by atoms with Gasteiger partial charge in [-0.2, -0.15) is 5.26 Å². The van der Waals surface area contributed by atoms with Gasteiger partial charge in [-0.3, -0.25) is 4.90 Å². The molecule has 4 nitrogen and oxygen atoms in total. The van der Waals surface area contributed by atoms with Crippen LogP contribution in [0.25, 0.3) is 0 Å². The Balaban J connectivity index is 2.45. The van der Waals surface area contributed by atoms with Gasteiger partial charge < -0.3 is 10.4 Å². The molecule has 5 heteroatoms. The normalized spacial score (nSPS) is 17.7. The minimum Gasteiger partial charge on any atom is -0.505 e. The van der Waals surface area contributed by atoms with Gasteiger partial charge in [0.1, 0.15) is 0 Å². The van der Waals surface area contributed by atoms with Gasteiger partial charge >= 0.3 is 0 Å². The number of nitrogens with one attached hydrogen (secondary N) is 1. The molecule has 0 aromatic heterocycles. The van der Waals surface area contributed by atoms with Gasteiger partial charge in [0.25, 0.3) is 0 Å². The Hall–Kier alpha value is -1.90. The van der Waals surface area contributed by atoms with Crippen molar-refractivity contribution in [2.75, 3.05) is 26.2 Å². The molecule has 1 aromatic carbocycles. The van der Waals surface area contributed by atoms with Crippen LogP contribution in [0.1, 0.15) is 17.2 Å². The molecule has 1 atom stereocenters. The first-order chi connectivity index (χ1) is 9.19. The third-order valence-electron chi connectivity index (χ3n) is 3.35. The number of halogens is 1. The van der Waals surface area contributed by atoms with Gasteiger partial charge in [-0.15, -0.1) is 6.58 Å². The maximum atomic E-state index is 13.5. The van der Waals surface area contributed by atoms with Crippen molar-refractivity contribution < 1.29 is 9.50 Å². The average Bonchev–Trinajstić information content (AvgIpc) is 2.45. The van der Waals surface area contributed by atoms with Crippen molar-refractivity contribution in [3.05, 3.63) is 41.7 Å². The molecule has 2 N–H and O–H groups in total. The second-order valence-corrected chi connectivity index (χ2v) is 4.44.